The minimum atomic E-state index is -3.73. The number of sulfonamides is 1. The molecule has 0 spiro atoms. The van der Waals surface area contributed by atoms with Crippen molar-refractivity contribution in [3.8, 4) is 0 Å². The molecule has 2 rings (SSSR count). The summed E-state index contributed by atoms with van der Waals surface area (Å²) >= 11 is 5.79. The van der Waals surface area contributed by atoms with Gasteiger partial charge >= 0.3 is 0 Å². The van der Waals surface area contributed by atoms with Gasteiger partial charge in [-0.1, -0.05) is 23.7 Å². The second-order valence-electron chi connectivity index (χ2n) is 4.05. The van der Waals surface area contributed by atoms with Crippen LogP contribution in [0, 0.1) is 12.7 Å². The van der Waals surface area contributed by atoms with Crippen molar-refractivity contribution in [2.45, 2.75) is 11.8 Å². The number of hydrogen-bond donors (Lipinski definition) is 1. The molecule has 100 valence electrons. The standard InChI is InChI=1S/C13H11ClFNO2S/c1-9-3-2-4-11(7-9)19(17,18)16-13-6-5-10(15)8-12(13)14/h2-8,16H,1H3. The van der Waals surface area contributed by atoms with Crippen molar-refractivity contribution in [3.05, 3.63) is 58.9 Å². The van der Waals surface area contributed by atoms with E-state index in [1.807, 2.05) is 0 Å². The van der Waals surface area contributed by atoms with Gasteiger partial charge in [-0.25, -0.2) is 12.8 Å². The van der Waals surface area contributed by atoms with Crippen molar-refractivity contribution in [1.82, 2.24) is 0 Å². The molecule has 0 aliphatic heterocycles. The van der Waals surface area contributed by atoms with Crippen LogP contribution in [0.2, 0.25) is 5.02 Å². The molecule has 0 aromatic heterocycles. The summed E-state index contributed by atoms with van der Waals surface area (Å²) in [5, 5.41) is 0.0104. The molecule has 0 saturated heterocycles. The Morgan fingerprint density at radius 1 is 1.16 bits per heavy atom. The fraction of sp³-hybridized carbons (Fsp3) is 0.0769. The fourth-order valence-electron chi connectivity index (χ4n) is 1.56. The number of hydrogen-bond acceptors (Lipinski definition) is 2. The highest BCUT2D eigenvalue weighted by atomic mass is 35.5. The molecule has 0 atom stereocenters. The quantitative estimate of drug-likeness (QED) is 0.941. The number of benzene rings is 2. The van der Waals surface area contributed by atoms with Gasteiger partial charge in [0.15, 0.2) is 0 Å². The van der Waals surface area contributed by atoms with Crippen molar-refractivity contribution in [1.29, 1.82) is 0 Å². The van der Waals surface area contributed by atoms with Gasteiger partial charge in [0.1, 0.15) is 5.82 Å². The zero-order valence-electron chi connectivity index (χ0n) is 10.0. The summed E-state index contributed by atoms with van der Waals surface area (Å²) < 4.78 is 39.5. The van der Waals surface area contributed by atoms with E-state index in [2.05, 4.69) is 4.72 Å². The molecular formula is C13H11ClFNO2S. The lowest BCUT2D eigenvalue weighted by molar-refractivity contribution is 0.601. The first kappa shape index (κ1) is 13.8. The van der Waals surface area contributed by atoms with Crippen LogP contribution >= 0.6 is 11.6 Å². The van der Waals surface area contributed by atoms with Gasteiger partial charge in [0.2, 0.25) is 0 Å². The molecule has 0 aliphatic carbocycles. The molecule has 0 saturated carbocycles. The molecular weight excluding hydrogens is 289 g/mol. The van der Waals surface area contributed by atoms with E-state index in [1.165, 1.54) is 12.1 Å². The lowest BCUT2D eigenvalue weighted by Gasteiger charge is -2.10. The van der Waals surface area contributed by atoms with Gasteiger partial charge in [0.05, 0.1) is 15.6 Å². The minimum Gasteiger partial charge on any atom is -0.278 e. The summed E-state index contributed by atoms with van der Waals surface area (Å²) in [4.78, 5) is 0.132. The third kappa shape index (κ3) is 3.24. The van der Waals surface area contributed by atoms with E-state index >= 15 is 0 Å². The van der Waals surface area contributed by atoms with Crippen LogP contribution < -0.4 is 4.72 Å². The van der Waals surface area contributed by atoms with Gasteiger partial charge in [-0.15, -0.1) is 0 Å². The molecule has 19 heavy (non-hydrogen) atoms. The van der Waals surface area contributed by atoms with E-state index in [0.29, 0.717) is 0 Å². The van der Waals surface area contributed by atoms with Crippen molar-refractivity contribution in [2.75, 3.05) is 4.72 Å². The van der Waals surface area contributed by atoms with E-state index in [0.717, 1.165) is 17.7 Å². The first-order valence-electron chi connectivity index (χ1n) is 5.43. The lowest BCUT2D eigenvalue weighted by Crippen LogP contribution is -2.13. The van der Waals surface area contributed by atoms with Crippen molar-refractivity contribution >= 4 is 27.3 Å². The van der Waals surface area contributed by atoms with Crippen molar-refractivity contribution in [3.63, 3.8) is 0 Å². The first-order valence-corrected chi connectivity index (χ1v) is 7.29. The van der Waals surface area contributed by atoms with E-state index < -0.39 is 15.8 Å². The largest absolute Gasteiger partial charge is 0.278 e. The van der Waals surface area contributed by atoms with E-state index in [1.54, 1.807) is 25.1 Å². The highest BCUT2D eigenvalue weighted by Crippen LogP contribution is 2.25. The summed E-state index contributed by atoms with van der Waals surface area (Å²) in [6.07, 6.45) is 0. The summed E-state index contributed by atoms with van der Waals surface area (Å²) in [7, 11) is -3.73. The highest BCUT2D eigenvalue weighted by Gasteiger charge is 2.15. The molecule has 0 unspecified atom stereocenters. The van der Waals surface area contributed by atoms with E-state index in [-0.39, 0.29) is 15.6 Å². The van der Waals surface area contributed by atoms with Crippen LogP contribution in [0.3, 0.4) is 0 Å². The van der Waals surface area contributed by atoms with E-state index in [4.69, 9.17) is 11.6 Å². The Morgan fingerprint density at radius 3 is 2.53 bits per heavy atom. The molecule has 0 fully saturated rings. The summed E-state index contributed by atoms with van der Waals surface area (Å²) in [5.41, 5.74) is 0.970. The fourth-order valence-corrected chi connectivity index (χ4v) is 3.01. The smallest absolute Gasteiger partial charge is 0.261 e. The van der Waals surface area contributed by atoms with Gasteiger partial charge < -0.3 is 0 Å². The van der Waals surface area contributed by atoms with Gasteiger partial charge in [-0.3, -0.25) is 4.72 Å². The SMILES string of the molecule is Cc1cccc(S(=O)(=O)Nc2ccc(F)cc2Cl)c1. The second kappa shape index (κ2) is 5.19. The Bertz CT molecular complexity index is 716. The molecule has 2 aromatic rings. The van der Waals surface area contributed by atoms with E-state index in [9.17, 15) is 12.8 Å². The molecule has 0 heterocycles. The van der Waals surface area contributed by atoms with Crippen molar-refractivity contribution < 1.29 is 12.8 Å². The molecule has 0 aliphatic rings. The van der Waals surface area contributed by atoms with Crippen LogP contribution in [-0.2, 0) is 10.0 Å². The summed E-state index contributed by atoms with van der Waals surface area (Å²) in [6, 6.07) is 9.94. The molecule has 3 nitrogen and oxygen atoms in total. The molecule has 1 N–H and O–H groups in total. The zero-order valence-corrected chi connectivity index (χ0v) is 11.6. The number of halogens is 2. The van der Waals surface area contributed by atoms with Crippen LogP contribution in [-0.4, -0.2) is 8.42 Å². The summed E-state index contributed by atoms with van der Waals surface area (Å²) in [6.45, 7) is 1.80. The number of anilines is 1. The Kier molecular flexibility index (Phi) is 3.78. The average molecular weight is 300 g/mol. The minimum absolute atomic E-state index is 0.0104. The second-order valence-corrected chi connectivity index (χ2v) is 6.14. The van der Waals surface area contributed by atoms with Crippen LogP contribution in [0.4, 0.5) is 10.1 Å². The van der Waals surface area contributed by atoms with Gasteiger partial charge in [0, 0.05) is 0 Å². The predicted octanol–water partition coefficient (Wildman–Crippen LogP) is 3.59. The Hall–Kier alpha value is -1.59. The third-order valence-corrected chi connectivity index (χ3v) is 4.15. The maximum atomic E-state index is 12.9. The Labute approximate surface area is 116 Å². The van der Waals surface area contributed by atoms with Crippen LogP contribution in [0.25, 0.3) is 0 Å². The average Bonchev–Trinajstić information content (AvgIpc) is 2.33. The van der Waals surface area contributed by atoms with Crippen LogP contribution in [0.5, 0.6) is 0 Å². The topological polar surface area (TPSA) is 46.2 Å². The molecule has 0 radical (unpaired) electrons. The van der Waals surface area contributed by atoms with Gasteiger partial charge in [-0.05, 0) is 42.8 Å². The lowest BCUT2D eigenvalue weighted by atomic mass is 10.2. The third-order valence-electron chi connectivity index (χ3n) is 2.48. The normalized spacial score (nSPS) is 11.3. The monoisotopic (exact) mass is 299 g/mol. The first-order chi connectivity index (χ1) is 8.88. The number of aryl methyl sites for hydroxylation is 1. The molecule has 6 heteroatoms. The predicted molar refractivity (Wildman–Crippen MR) is 73.4 cm³/mol. The Morgan fingerprint density at radius 2 is 1.89 bits per heavy atom. The Balaban J connectivity index is 2.36. The number of nitrogens with one attached hydrogen (secondary N) is 1. The molecule has 0 bridgehead atoms. The zero-order chi connectivity index (χ0) is 14.0. The number of rotatable bonds is 3. The highest BCUT2D eigenvalue weighted by molar-refractivity contribution is 7.92. The van der Waals surface area contributed by atoms with Gasteiger partial charge in [0.25, 0.3) is 10.0 Å². The van der Waals surface area contributed by atoms with Gasteiger partial charge in [-0.2, -0.15) is 0 Å². The van der Waals surface area contributed by atoms with Crippen LogP contribution in [0.15, 0.2) is 47.4 Å². The van der Waals surface area contributed by atoms with Crippen LogP contribution in [0.1, 0.15) is 5.56 Å². The maximum Gasteiger partial charge on any atom is 0.261 e. The molecule has 2 aromatic carbocycles. The molecule has 0 amide bonds. The van der Waals surface area contributed by atoms with Crippen molar-refractivity contribution in [2.24, 2.45) is 0 Å². The summed E-state index contributed by atoms with van der Waals surface area (Å²) in [5.74, 6) is -0.525. The maximum absolute atomic E-state index is 12.9.